The van der Waals surface area contributed by atoms with E-state index in [9.17, 15) is 14.9 Å². The normalized spacial score (nSPS) is 10.2. The minimum absolute atomic E-state index is 0.0382. The van der Waals surface area contributed by atoms with E-state index in [0.29, 0.717) is 17.9 Å². The topological polar surface area (TPSA) is 85.1 Å². The Bertz CT molecular complexity index is 677. The summed E-state index contributed by atoms with van der Waals surface area (Å²) in [6.45, 7) is 1.79. The average molecular weight is 317 g/mol. The number of pyridine rings is 1. The molecule has 1 N–H and O–H groups in total. The maximum atomic E-state index is 11.9. The highest BCUT2D eigenvalue weighted by atomic mass is 32.2. The van der Waals surface area contributed by atoms with Crippen LogP contribution in [0.1, 0.15) is 12.0 Å². The first kappa shape index (κ1) is 16.0. The molecule has 0 radical (unpaired) electrons. The van der Waals surface area contributed by atoms with Crippen LogP contribution in [0.2, 0.25) is 0 Å². The molecule has 0 saturated heterocycles. The van der Waals surface area contributed by atoms with E-state index >= 15 is 0 Å². The molecule has 1 amide bonds. The molecule has 0 saturated carbocycles. The van der Waals surface area contributed by atoms with Gasteiger partial charge in [-0.05, 0) is 24.6 Å². The van der Waals surface area contributed by atoms with Gasteiger partial charge in [-0.2, -0.15) is 0 Å². The number of nitro groups is 1. The van der Waals surface area contributed by atoms with Gasteiger partial charge in [-0.15, -0.1) is 11.8 Å². The monoisotopic (exact) mass is 317 g/mol. The zero-order valence-electron chi connectivity index (χ0n) is 12.0. The zero-order valence-corrected chi connectivity index (χ0v) is 12.8. The minimum atomic E-state index is -0.480. The van der Waals surface area contributed by atoms with Gasteiger partial charge in [-0.3, -0.25) is 14.9 Å². The van der Waals surface area contributed by atoms with Crippen molar-refractivity contribution in [2.75, 3.05) is 11.1 Å². The number of aromatic nitrogens is 1. The fraction of sp³-hybridized carbons (Fsp3) is 0.200. The molecule has 1 aromatic carbocycles. The van der Waals surface area contributed by atoms with E-state index in [1.54, 1.807) is 19.2 Å². The molecule has 0 spiro atoms. The Morgan fingerprint density at radius 3 is 2.86 bits per heavy atom. The quantitative estimate of drug-likeness (QED) is 0.501. The molecule has 0 aliphatic heterocycles. The first-order chi connectivity index (χ1) is 10.6. The van der Waals surface area contributed by atoms with Crippen molar-refractivity contribution in [2.24, 2.45) is 0 Å². The third-order valence-electron chi connectivity index (χ3n) is 2.92. The van der Waals surface area contributed by atoms with E-state index in [1.807, 2.05) is 18.2 Å². The predicted octanol–water partition coefficient (Wildman–Crippen LogP) is 3.42. The molecule has 0 atom stereocenters. The molecule has 7 heteroatoms. The summed E-state index contributed by atoms with van der Waals surface area (Å²) < 4.78 is 0. The number of hydrogen-bond acceptors (Lipinski definition) is 5. The van der Waals surface area contributed by atoms with Crippen LogP contribution < -0.4 is 5.32 Å². The maximum absolute atomic E-state index is 11.9. The molecular formula is C15H15N3O3S. The molecule has 0 aliphatic carbocycles. The van der Waals surface area contributed by atoms with Gasteiger partial charge in [0, 0.05) is 30.5 Å². The molecule has 2 rings (SSSR count). The van der Waals surface area contributed by atoms with Crippen molar-refractivity contribution >= 4 is 29.0 Å². The average Bonchev–Trinajstić information content (AvgIpc) is 2.50. The number of nitro benzene ring substituents is 1. The third-order valence-corrected chi connectivity index (χ3v) is 3.87. The van der Waals surface area contributed by atoms with Crippen molar-refractivity contribution < 1.29 is 9.72 Å². The fourth-order valence-corrected chi connectivity index (χ4v) is 2.56. The van der Waals surface area contributed by atoms with Gasteiger partial charge in [0.05, 0.1) is 15.6 Å². The number of carbonyl (C=O) groups is 1. The molecule has 0 bridgehead atoms. The molecule has 22 heavy (non-hydrogen) atoms. The van der Waals surface area contributed by atoms with E-state index in [0.717, 1.165) is 10.6 Å². The number of anilines is 1. The van der Waals surface area contributed by atoms with Gasteiger partial charge in [0.15, 0.2) is 0 Å². The minimum Gasteiger partial charge on any atom is -0.326 e. The van der Waals surface area contributed by atoms with Crippen molar-refractivity contribution in [3.05, 3.63) is 58.3 Å². The van der Waals surface area contributed by atoms with Gasteiger partial charge in [0.1, 0.15) is 0 Å². The van der Waals surface area contributed by atoms with E-state index in [4.69, 9.17) is 0 Å². The van der Waals surface area contributed by atoms with Crippen LogP contribution in [-0.4, -0.2) is 21.6 Å². The predicted molar refractivity (Wildman–Crippen MR) is 86.0 cm³/mol. The number of thioether (sulfide) groups is 1. The van der Waals surface area contributed by atoms with Crippen LogP contribution in [0.5, 0.6) is 0 Å². The largest absolute Gasteiger partial charge is 0.326 e. The molecule has 0 aliphatic rings. The molecule has 114 valence electrons. The summed E-state index contributed by atoms with van der Waals surface area (Å²) in [7, 11) is 0. The lowest BCUT2D eigenvalue weighted by molar-refractivity contribution is -0.384. The van der Waals surface area contributed by atoms with Crippen LogP contribution >= 0.6 is 11.8 Å². The smallest absolute Gasteiger partial charge is 0.271 e. The van der Waals surface area contributed by atoms with Crippen molar-refractivity contribution in [1.29, 1.82) is 0 Å². The molecule has 6 nitrogen and oxygen atoms in total. The Kier molecular flexibility index (Phi) is 5.48. The number of nitrogens with one attached hydrogen (secondary N) is 1. The standard InChI is InChI=1S/C15H15N3O3S/c1-11-5-6-12(18(20)21)10-13(11)17-14(19)7-9-22-15-4-2-3-8-16-15/h2-6,8,10H,7,9H2,1H3,(H,17,19). The number of rotatable bonds is 6. The second kappa shape index (κ2) is 7.56. The van der Waals surface area contributed by atoms with Crippen molar-refractivity contribution in [1.82, 2.24) is 4.98 Å². The summed E-state index contributed by atoms with van der Waals surface area (Å²) in [5.74, 6) is 0.420. The number of carbonyl (C=O) groups excluding carboxylic acids is 1. The van der Waals surface area contributed by atoms with Gasteiger partial charge in [0.2, 0.25) is 5.91 Å². The second-order valence-corrected chi connectivity index (χ2v) is 5.69. The summed E-state index contributed by atoms with van der Waals surface area (Å²) >= 11 is 1.49. The fourth-order valence-electron chi connectivity index (χ4n) is 1.75. The van der Waals surface area contributed by atoms with Crippen LogP contribution in [0.4, 0.5) is 11.4 Å². The van der Waals surface area contributed by atoms with Crippen LogP contribution in [0.15, 0.2) is 47.6 Å². The highest BCUT2D eigenvalue weighted by Crippen LogP contribution is 2.22. The third kappa shape index (κ3) is 4.56. The number of amides is 1. The van der Waals surface area contributed by atoms with E-state index in [1.165, 1.54) is 23.9 Å². The summed E-state index contributed by atoms with van der Waals surface area (Å²) in [6, 6.07) is 10.0. The van der Waals surface area contributed by atoms with Crippen LogP contribution in [0.3, 0.4) is 0 Å². The molecule has 0 unspecified atom stereocenters. The highest BCUT2D eigenvalue weighted by Gasteiger charge is 2.11. The Morgan fingerprint density at radius 2 is 2.18 bits per heavy atom. The molecule has 1 heterocycles. The summed E-state index contributed by atoms with van der Waals surface area (Å²) in [5.41, 5.74) is 1.22. The first-order valence-corrected chi connectivity index (χ1v) is 7.63. The Hall–Kier alpha value is -2.41. The van der Waals surface area contributed by atoms with Crippen LogP contribution in [0.25, 0.3) is 0 Å². The molecule has 1 aromatic heterocycles. The number of nitrogens with zero attached hydrogens (tertiary/aromatic N) is 2. The van der Waals surface area contributed by atoms with Gasteiger partial charge in [-0.25, -0.2) is 4.98 Å². The van der Waals surface area contributed by atoms with Crippen molar-refractivity contribution in [3.63, 3.8) is 0 Å². The Morgan fingerprint density at radius 1 is 1.36 bits per heavy atom. The molecule has 2 aromatic rings. The van der Waals surface area contributed by atoms with Crippen LogP contribution in [-0.2, 0) is 4.79 Å². The van der Waals surface area contributed by atoms with Gasteiger partial charge >= 0.3 is 0 Å². The van der Waals surface area contributed by atoms with Crippen molar-refractivity contribution in [2.45, 2.75) is 18.4 Å². The van der Waals surface area contributed by atoms with Crippen molar-refractivity contribution in [3.8, 4) is 0 Å². The number of aryl methyl sites for hydroxylation is 1. The summed E-state index contributed by atoms with van der Waals surface area (Å²) in [4.78, 5) is 26.4. The summed E-state index contributed by atoms with van der Waals surface area (Å²) in [5, 5.41) is 14.3. The highest BCUT2D eigenvalue weighted by molar-refractivity contribution is 7.99. The first-order valence-electron chi connectivity index (χ1n) is 6.65. The van der Waals surface area contributed by atoms with Gasteiger partial charge in [0.25, 0.3) is 5.69 Å². The molecular weight excluding hydrogens is 302 g/mol. The maximum Gasteiger partial charge on any atom is 0.271 e. The Balaban J connectivity index is 1.89. The van der Waals surface area contributed by atoms with E-state index < -0.39 is 4.92 Å². The molecule has 0 fully saturated rings. The number of benzene rings is 1. The van der Waals surface area contributed by atoms with Gasteiger partial charge in [-0.1, -0.05) is 12.1 Å². The number of non-ortho nitro benzene ring substituents is 1. The number of hydrogen-bond donors (Lipinski definition) is 1. The SMILES string of the molecule is Cc1ccc([N+](=O)[O-])cc1NC(=O)CCSc1ccccn1. The lowest BCUT2D eigenvalue weighted by Crippen LogP contribution is -2.13. The van der Waals surface area contributed by atoms with Crippen LogP contribution in [0, 0.1) is 17.0 Å². The lowest BCUT2D eigenvalue weighted by atomic mass is 10.2. The lowest BCUT2D eigenvalue weighted by Gasteiger charge is -2.08. The van der Waals surface area contributed by atoms with E-state index in [2.05, 4.69) is 10.3 Å². The zero-order chi connectivity index (χ0) is 15.9. The van der Waals surface area contributed by atoms with Gasteiger partial charge < -0.3 is 5.32 Å². The Labute approximate surface area is 132 Å². The summed E-state index contributed by atoms with van der Waals surface area (Å²) in [6.07, 6.45) is 2.01. The van der Waals surface area contributed by atoms with E-state index in [-0.39, 0.29) is 11.6 Å². The second-order valence-electron chi connectivity index (χ2n) is 4.57.